The first kappa shape index (κ1) is 16.2. The van der Waals surface area contributed by atoms with Crippen LogP contribution in [0, 0.1) is 0 Å². The molecule has 3 aromatic rings. The molecule has 2 aromatic heterocycles. The lowest BCUT2D eigenvalue weighted by atomic mass is 10.2. The number of halogens is 1. The Morgan fingerprint density at radius 2 is 2.04 bits per heavy atom. The number of nitrogens with zero attached hydrogens (tertiary/aromatic N) is 4. The van der Waals surface area contributed by atoms with E-state index >= 15 is 0 Å². The largest absolute Gasteiger partial charge is 0.360 e. The van der Waals surface area contributed by atoms with Crippen molar-refractivity contribution in [2.24, 2.45) is 0 Å². The Kier molecular flexibility index (Phi) is 4.56. The van der Waals surface area contributed by atoms with Gasteiger partial charge in [-0.15, -0.1) is 0 Å². The molecule has 0 bridgehead atoms. The molecule has 0 saturated carbocycles. The van der Waals surface area contributed by atoms with E-state index in [2.05, 4.69) is 29.8 Å². The van der Waals surface area contributed by atoms with Gasteiger partial charge in [0, 0.05) is 32.5 Å². The third kappa shape index (κ3) is 3.65. The summed E-state index contributed by atoms with van der Waals surface area (Å²) in [4.78, 5) is 0. The van der Waals surface area contributed by atoms with Gasteiger partial charge in [0.05, 0.1) is 22.4 Å². The minimum atomic E-state index is -1.09. The van der Waals surface area contributed by atoms with Crippen molar-refractivity contribution < 1.29 is 4.74 Å². The van der Waals surface area contributed by atoms with Gasteiger partial charge < -0.3 is 4.74 Å². The van der Waals surface area contributed by atoms with E-state index < -0.39 is 8.07 Å². The predicted octanol–water partition coefficient (Wildman–Crippen LogP) is 4.19. The van der Waals surface area contributed by atoms with Gasteiger partial charge in [-0.05, 0) is 24.2 Å². The Labute approximate surface area is 141 Å². The summed E-state index contributed by atoms with van der Waals surface area (Å²) in [6.45, 7) is 8.21. The Morgan fingerprint density at radius 1 is 1.22 bits per heavy atom. The number of rotatable bonds is 6. The van der Waals surface area contributed by atoms with Crippen LogP contribution in [0.3, 0.4) is 0 Å². The minimum absolute atomic E-state index is 0.419. The summed E-state index contributed by atoms with van der Waals surface area (Å²) in [6, 6.07) is 6.86. The monoisotopic (exact) mass is 348 g/mol. The van der Waals surface area contributed by atoms with Crippen LogP contribution in [0.2, 0.25) is 30.7 Å². The molecule has 3 rings (SSSR count). The first-order valence-electron chi connectivity index (χ1n) is 7.67. The zero-order valence-electron chi connectivity index (χ0n) is 13.7. The third-order valence-electron chi connectivity index (χ3n) is 3.69. The van der Waals surface area contributed by atoms with Crippen molar-refractivity contribution in [2.75, 3.05) is 6.61 Å². The summed E-state index contributed by atoms with van der Waals surface area (Å²) in [7, 11) is -1.09. The number of hydrogen-bond acceptors (Lipinski definition) is 3. The van der Waals surface area contributed by atoms with E-state index in [1.807, 2.05) is 33.8 Å². The topological polar surface area (TPSA) is 44.9 Å². The number of fused-ring (bicyclic) bond motifs is 1. The van der Waals surface area contributed by atoms with Crippen molar-refractivity contribution in [1.82, 2.24) is 19.6 Å². The van der Waals surface area contributed by atoms with Crippen molar-refractivity contribution in [3.63, 3.8) is 0 Å². The summed E-state index contributed by atoms with van der Waals surface area (Å²) in [5, 5.41) is 10.3. The molecular formula is C16H21ClN4OSi. The second kappa shape index (κ2) is 6.47. The van der Waals surface area contributed by atoms with Crippen molar-refractivity contribution >= 4 is 30.6 Å². The molecule has 5 nitrogen and oxygen atoms in total. The Bertz CT molecular complexity index is 792. The van der Waals surface area contributed by atoms with Gasteiger partial charge in [0.15, 0.2) is 0 Å². The molecule has 23 heavy (non-hydrogen) atoms. The van der Waals surface area contributed by atoms with E-state index in [0.717, 1.165) is 29.2 Å². The van der Waals surface area contributed by atoms with Crippen LogP contribution in [0.15, 0.2) is 36.8 Å². The average Bonchev–Trinajstić information content (AvgIpc) is 3.13. The van der Waals surface area contributed by atoms with Crippen LogP contribution in [0.1, 0.15) is 0 Å². The number of benzene rings is 1. The maximum absolute atomic E-state index is 6.31. The zero-order valence-corrected chi connectivity index (χ0v) is 15.4. The van der Waals surface area contributed by atoms with Crippen LogP contribution in [0.25, 0.3) is 16.6 Å². The maximum atomic E-state index is 6.31. The first-order valence-corrected chi connectivity index (χ1v) is 11.8. The van der Waals surface area contributed by atoms with Crippen LogP contribution >= 0.6 is 11.6 Å². The van der Waals surface area contributed by atoms with E-state index in [1.165, 1.54) is 0 Å². The second-order valence-corrected chi connectivity index (χ2v) is 12.8. The van der Waals surface area contributed by atoms with Gasteiger partial charge in [-0.2, -0.15) is 10.2 Å². The maximum Gasteiger partial charge on any atom is 0.140 e. The summed E-state index contributed by atoms with van der Waals surface area (Å²) in [5.41, 5.74) is 1.88. The fraction of sp³-hybridized carbons (Fsp3) is 0.375. The van der Waals surface area contributed by atoms with Crippen LogP contribution in [0.4, 0.5) is 0 Å². The lowest BCUT2D eigenvalue weighted by Gasteiger charge is -2.15. The summed E-state index contributed by atoms with van der Waals surface area (Å²) < 4.78 is 9.50. The number of hydrogen-bond donors (Lipinski definition) is 0. The van der Waals surface area contributed by atoms with Gasteiger partial charge in [0.25, 0.3) is 0 Å². The fourth-order valence-corrected chi connectivity index (χ4v) is 3.33. The first-order chi connectivity index (χ1) is 11.0. The Balaban J connectivity index is 1.88. The molecule has 0 radical (unpaired) electrons. The van der Waals surface area contributed by atoms with Crippen molar-refractivity contribution in [3.8, 4) is 5.69 Å². The van der Waals surface area contributed by atoms with Gasteiger partial charge in [0.1, 0.15) is 6.73 Å². The third-order valence-corrected chi connectivity index (χ3v) is 5.72. The molecule has 0 fully saturated rings. The molecule has 0 atom stereocenters. The van der Waals surface area contributed by atoms with Gasteiger partial charge in [0.2, 0.25) is 0 Å². The SMILES string of the molecule is C[Si](C)(C)CCOCn1ncc2c(Cl)ccc(-n3cccn3)c21. The molecule has 0 amide bonds. The van der Waals surface area contributed by atoms with Crippen LogP contribution < -0.4 is 0 Å². The standard InChI is InChI=1S/C16H21ClN4OSi/c1-23(2,3)10-9-22-12-21-16-13(11-19-21)14(17)5-6-15(16)20-8-4-7-18-20/h4-8,11H,9-10,12H2,1-3H3. The zero-order chi connectivity index (χ0) is 16.4. The van der Waals surface area contributed by atoms with Gasteiger partial charge in [-0.25, -0.2) is 9.36 Å². The lowest BCUT2D eigenvalue weighted by Crippen LogP contribution is -2.22. The molecule has 0 spiro atoms. The molecule has 0 aliphatic carbocycles. The Morgan fingerprint density at radius 3 is 2.74 bits per heavy atom. The highest BCUT2D eigenvalue weighted by atomic mass is 35.5. The van der Waals surface area contributed by atoms with Gasteiger partial charge >= 0.3 is 0 Å². The molecular weight excluding hydrogens is 328 g/mol. The molecule has 122 valence electrons. The van der Waals surface area contributed by atoms with Crippen LogP contribution in [0.5, 0.6) is 0 Å². The van der Waals surface area contributed by atoms with E-state index in [4.69, 9.17) is 16.3 Å². The summed E-state index contributed by atoms with van der Waals surface area (Å²) in [5.74, 6) is 0. The number of ether oxygens (including phenoxy) is 1. The number of aromatic nitrogens is 4. The highest BCUT2D eigenvalue weighted by Crippen LogP contribution is 2.28. The quantitative estimate of drug-likeness (QED) is 0.495. The summed E-state index contributed by atoms with van der Waals surface area (Å²) >= 11 is 6.31. The van der Waals surface area contributed by atoms with Crippen molar-refractivity contribution in [2.45, 2.75) is 32.4 Å². The molecule has 2 heterocycles. The van der Waals surface area contributed by atoms with Crippen LogP contribution in [-0.4, -0.2) is 34.2 Å². The van der Waals surface area contributed by atoms with Crippen molar-refractivity contribution in [1.29, 1.82) is 0 Å². The van der Waals surface area contributed by atoms with Gasteiger partial charge in [-0.3, -0.25) is 0 Å². The second-order valence-electron chi connectivity index (χ2n) is 6.77. The van der Waals surface area contributed by atoms with E-state index in [-0.39, 0.29) is 0 Å². The van der Waals surface area contributed by atoms with E-state index in [9.17, 15) is 0 Å². The molecule has 7 heteroatoms. The van der Waals surface area contributed by atoms with Crippen molar-refractivity contribution in [3.05, 3.63) is 41.8 Å². The lowest BCUT2D eigenvalue weighted by molar-refractivity contribution is 0.0817. The molecule has 1 aromatic carbocycles. The predicted molar refractivity (Wildman–Crippen MR) is 96.0 cm³/mol. The highest BCUT2D eigenvalue weighted by molar-refractivity contribution is 6.76. The molecule has 0 aliphatic rings. The average molecular weight is 349 g/mol. The van der Waals surface area contributed by atoms with Crippen LogP contribution in [-0.2, 0) is 11.5 Å². The van der Waals surface area contributed by atoms with E-state index in [0.29, 0.717) is 11.8 Å². The smallest absolute Gasteiger partial charge is 0.140 e. The van der Waals surface area contributed by atoms with Gasteiger partial charge in [-0.1, -0.05) is 31.2 Å². The minimum Gasteiger partial charge on any atom is -0.360 e. The Hall–Kier alpha value is -1.63. The molecule has 0 unspecified atom stereocenters. The normalized spacial score (nSPS) is 12.2. The fourth-order valence-electron chi connectivity index (χ4n) is 2.37. The molecule has 0 N–H and O–H groups in total. The summed E-state index contributed by atoms with van der Waals surface area (Å²) in [6.07, 6.45) is 5.45. The molecule has 0 aliphatic heterocycles. The highest BCUT2D eigenvalue weighted by Gasteiger charge is 2.15. The molecule has 0 saturated heterocycles. The van der Waals surface area contributed by atoms with E-state index in [1.54, 1.807) is 12.4 Å².